The number of rotatable bonds is 5. The Hall–Kier alpha value is -2.49. The van der Waals surface area contributed by atoms with Crippen molar-refractivity contribution in [2.75, 3.05) is 44.7 Å². The molecule has 2 aromatic carbocycles. The maximum Gasteiger partial charge on any atom is 0.339 e. The smallest absolute Gasteiger partial charge is 0.339 e. The average Bonchev–Trinajstić information content (AvgIpc) is 2.84. The van der Waals surface area contributed by atoms with Gasteiger partial charge in [-0.15, -0.1) is 12.6 Å². The first-order chi connectivity index (χ1) is 15.6. The Morgan fingerprint density at radius 1 is 1.09 bits per heavy atom. The van der Waals surface area contributed by atoms with E-state index < -0.39 is 5.97 Å². The Bertz CT molecular complexity index is 987. The number of carbonyl (C=O) groups is 1. The Labute approximate surface area is 196 Å². The molecule has 6 heteroatoms. The second-order valence-corrected chi connectivity index (χ2v) is 9.45. The number of esters is 1. The minimum absolute atomic E-state index is 0.332. The van der Waals surface area contributed by atoms with Crippen LogP contribution < -0.4 is 4.90 Å². The lowest BCUT2D eigenvalue weighted by Gasteiger charge is -2.38. The standard InChI is InChI=1S/C26H31N3O2S/c1-31-26(30)25-6-5-23(15-22(25)17-27)29-13-7-19(8-14-29)18-28-11-9-20(10-12-28)21-3-2-4-24(32)16-21/h2-6,15-16,19-20,32H,7-14,18H2,1H3. The van der Waals surface area contributed by atoms with Crippen molar-refractivity contribution in [1.29, 1.82) is 5.26 Å². The van der Waals surface area contributed by atoms with Gasteiger partial charge in [0.2, 0.25) is 0 Å². The van der Waals surface area contributed by atoms with Gasteiger partial charge in [-0.05, 0) is 86.5 Å². The van der Waals surface area contributed by atoms with Crippen molar-refractivity contribution in [2.45, 2.75) is 36.5 Å². The topological polar surface area (TPSA) is 56.6 Å². The van der Waals surface area contributed by atoms with Crippen molar-refractivity contribution in [3.05, 3.63) is 59.2 Å². The Kier molecular flexibility index (Phi) is 7.39. The van der Waals surface area contributed by atoms with Crippen LogP contribution in [0.25, 0.3) is 0 Å². The fraction of sp³-hybridized carbons (Fsp3) is 0.462. The molecule has 2 aliphatic rings. The van der Waals surface area contributed by atoms with Crippen molar-refractivity contribution in [3.8, 4) is 6.07 Å². The molecule has 0 radical (unpaired) electrons. The molecule has 0 amide bonds. The fourth-order valence-corrected chi connectivity index (χ4v) is 5.31. The molecule has 2 heterocycles. The molecular formula is C26H31N3O2S. The molecule has 4 rings (SSSR count). The molecule has 0 spiro atoms. The molecule has 2 saturated heterocycles. The zero-order chi connectivity index (χ0) is 22.5. The first kappa shape index (κ1) is 22.7. The zero-order valence-corrected chi connectivity index (χ0v) is 19.6. The highest BCUT2D eigenvalue weighted by atomic mass is 32.1. The highest BCUT2D eigenvalue weighted by Crippen LogP contribution is 2.31. The second-order valence-electron chi connectivity index (χ2n) is 8.93. The maximum absolute atomic E-state index is 11.8. The lowest BCUT2D eigenvalue weighted by atomic mass is 9.88. The lowest BCUT2D eigenvalue weighted by molar-refractivity contribution is 0.0600. The van der Waals surface area contributed by atoms with E-state index >= 15 is 0 Å². The van der Waals surface area contributed by atoms with Crippen LogP contribution in [0.5, 0.6) is 0 Å². The molecule has 2 aliphatic heterocycles. The van der Waals surface area contributed by atoms with Gasteiger partial charge in [0.1, 0.15) is 6.07 Å². The van der Waals surface area contributed by atoms with Crippen LogP contribution in [0.4, 0.5) is 5.69 Å². The number of nitrogens with zero attached hydrogens (tertiary/aromatic N) is 3. The first-order valence-electron chi connectivity index (χ1n) is 11.5. The van der Waals surface area contributed by atoms with Gasteiger partial charge in [-0.2, -0.15) is 5.26 Å². The highest BCUT2D eigenvalue weighted by molar-refractivity contribution is 7.80. The van der Waals surface area contributed by atoms with Crippen molar-refractivity contribution >= 4 is 24.3 Å². The summed E-state index contributed by atoms with van der Waals surface area (Å²) < 4.78 is 4.78. The van der Waals surface area contributed by atoms with E-state index in [0.717, 1.165) is 36.5 Å². The summed E-state index contributed by atoms with van der Waals surface area (Å²) in [4.78, 5) is 17.9. The summed E-state index contributed by atoms with van der Waals surface area (Å²) in [5.74, 6) is 0.907. The Morgan fingerprint density at radius 3 is 2.50 bits per heavy atom. The number of nitriles is 1. The normalized spacial score (nSPS) is 18.3. The largest absolute Gasteiger partial charge is 0.465 e. The Morgan fingerprint density at radius 2 is 1.84 bits per heavy atom. The van der Waals surface area contributed by atoms with Gasteiger partial charge >= 0.3 is 5.97 Å². The molecule has 0 saturated carbocycles. The quantitative estimate of drug-likeness (QED) is 0.528. The van der Waals surface area contributed by atoms with Crippen LogP contribution in [-0.4, -0.2) is 50.7 Å². The van der Waals surface area contributed by atoms with E-state index in [1.54, 1.807) is 6.07 Å². The molecule has 0 aliphatic carbocycles. The molecule has 0 atom stereocenters. The minimum atomic E-state index is -0.464. The predicted octanol–water partition coefficient (Wildman–Crippen LogP) is 4.73. The summed E-state index contributed by atoms with van der Waals surface area (Å²) in [6, 6.07) is 16.2. The monoisotopic (exact) mass is 449 g/mol. The van der Waals surface area contributed by atoms with E-state index in [0.29, 0.717) is 23.0 Å². The van der Waals surface area contributed by atoms with Crippen molar-refractivity contribution in [1.82, 2.24) is 4.90 Å². The third-order valence-corrected chi connectivity index (χ3v) is 7.23. The van der Waals surface area contributed by atoms with Crippen LogP contribution in [0.2, 0.25) is 0 Å². The maximum atomic E-state index is 11.8. The zero-order valence-electron chi connectivity index (χ0n) is 18.7. The van der Waals surface area contributed by atoms with Gasteiger partial charge in [-0.25, -0.2) is 4.79 Å². The lowest BCUT2D eigenvalue weighted by Crippen LogP contribution is -2.41. The third kappa shape index (κ3) is 5.28. The van der Waals surface area contributed by atoms with E-state index in [1.165, 1.54) is 45.1 Å². The number of thiol groups is 1. The minimum Gasteiger partial charge on any atom is -0.465 e. The number of likely N-dealkylation sites (tertiary alicyclic amines) is 1. The molecule has 0 unspecified atom stereocenters. The van der Waals surface area contributed by atoms with E-state index in [2.05, 4.69) is 46.7 Å². The molecule has 0 bridgehead atoms. The Balaban J connectivity index is 1.27. The molecule has 0 N–H and O–H groups in total. The molecule has 0 aromatic heterocycles. The van der Waals surface area contributed by atoms with Gasteiger partial charge in [0.15, 0.2) is 0 Å². The van der Waals surface area contributed by atoms with Crippen LogP contribution in [0.1, 0.15) is 53.1 Å². The summed E-state index contributed by atoms with van der Waals surface area (Å²) >= 11 is 4.49. The number of piperidine rings is 2. The van der Waals surface area contributed by atoms with E-state index in [-0.39, 0.29) is 0 Å². The van der Waals surface area contributed by atoms with Gasteiger partial charge in [-0.3, -0.25) is 0 Å². The number of hydrogen-bond donors (Lipinski definition) is 1. The third-order valence-electron chi connectivity index (χ3n) is 6.95. The summed E-state index contributed by atoms with van der Waals surface area (Å²) in [6.45, 7) is 5.49. The number of ether oxygens (including phenoxy) is 1. The van der Waals surface area contributed by atoms with Gasteiger partial charge in [0, 0.05) is 30.2 Å². The van der Waals surface area contributed by atoms with E-state index in [9.17, 15) is 10.1 Å². The van der Waals surface area contributed by atoms with E-state index in [4.69, 9.17) is 4.74 Å². The first-order valence-corrected chi connectivity index (χ1v) is 11.9. The summed E-state index contributed by atoms with van der Waals surface area (Å²) in [7, 11) is 1.34. The van der Waals surface area contributed by atoms with Crippen LogP contribution >= 0.6 is 12.6 Å². The van der Waals surface area contributed by atoms with Crippen molar-refractivity contribution in [3.63, 3.8) is 0 Å². The molecular weight excluding hydrogens is 418 g/mol. The molecule has 5 nitrogen and oxygen atoms in total. The van der Waals surface area contributed by atoms with Crippen LogP contribution in [0.3, 0.4) is 0 Å². The SMILES string of the molecule is COC(=O)c1ccc(N2CCC(CN3CCC(c4cccc(S)c4)CC3)CC2)cc1C#N. The predicted molar refractivity (Wildman–Crippen MR) is 130 cm³/mol. The molecule has 2 aromatic rings. The molecule has 168 valence electrons. The summed E-state index contributed by atoms with van der Waals surface area (Å²) in [6.07, 6.45) is 4.75. The van der Waals surface area contributed by atoms with Gasteiger partial charge < -0.3 is 14.5 Å². The molecule has 32 heavy (non-hydrogen) atoms. The highest BCUT2D eigenvalue weighted by Gasteiger charge is 2.26. The average molecular weight is 450 g/mol. The van der Waals surface area contributed by atoms with Gasteiger partial charge in [0.05, 0.1) is 18.2 Å². The van der Waals surface area contributed by atoms with Crippen LogP contribution in [0.15, 0.2) is 47.4 Å². The fourth-order valence-electron chi connectivity index (χ4n) is 5.08. The summed E-state index contributed by atoms with van der Waals surface area (Å²) in [5, 5.41) is 9.43. The van der Waals surface area contributed by atoms with Gasteiger partial charge in [-0.1, -0.05) is 12.1 Å². The van der Waals surface area contributed by atoms with Gasteiger partial charge in [0.25, 0.3) is 0 Å². The van der Waals surface area contributed by atoms with Crippen molar-refractivity contribution < 1.29 is 9.53 Å². The molecule has 2 fully saturated rings. The van der Waals surface area contributed by atoms with E-state index in [1.807, 2.05) is 18.2 Å². The van der Waals surface area contributed by atoms with Crippen LogP contribution in [0, 0.1) is 17.2 Å². The van der Waals surface area contributed by atoms with Crippen molar-refractivity contribution in [2.24, 2.45) is 5.92 Å². The number of hydrogen-bond acceptors (Lipinski definition) is 6. The second kappa shape index (κ2) is 10.4. The summed E-state index contributed by atoms with van der Waals surface area (Å²) in [5.41, 5.74) is 3.15. The number of methoxy groups -OCH3 is 1. The number of carbonyl (C=O) groups excluding carboxylic acids is 1. The number of benzene rings is 2. The number of anilines is 1. The van der Waals surface area contributed by atoms with Crippen LogP contribution in [-0.2, 0) is 4.74 Å².